The van der Waals surface area contributed by atoms with Crippen molar-refractivity contribution in [3.8, 4) is 0 Å². The zero-order valence-electron chi connectivity index (χ0n) is 9.41. The Morgan fingerprint density at radius 1 is 1.61 bits per heavy atom. The fraction of sp³-hybridized carbons (Fsp3) is 0.556. The van der Waals surface area contributed by atoms with Crippen LogP contribution in [-0.4, -0.2) is 28.8 Å². The fourth-order valence-electron chi connectivity index (χ4n) is 0.999. The average Bonchev–Trinajstić information content (AvgIpc) is 2.74. The quantitative estimate of drug-likeness (QED) is 0.780. The number of carbonyl (C=O) groups excluding carboxylic acids is 1. The SMILES string of the molecule is C[C@@H](CO)NC(=O)NCc1nc(C(F)(F)F)cs1. The van der Waals surface area contributed by atoms with Gasteiger partial charge in [-0.05, 0) is 6.92 Å². The number of carbonyl (C=O) groups is 1. The van der Waals surface area contributed by atoms with Crippen LogP contribution in [0.5, 0.6) is 0 Å². The highest BCUT2D eigenvalue weighted by molar-refractivity contribution is 7.09. The molecule has 1 heterocycles. The standard InChI is InChI=1S/C9H12F3N3O2S/c1-5(3-16)14-8(17)13-2-7-15-6(4-18-7)9(10,11)12/h4-5,16H,2-3H2,1H3,(H2,13,14,17)/t5-/m0/s1. The molecular formula is C9H12F3N3O2S. The second-order valence-electron chi connectivity index (χ2n) is 3.53. The Morgan fingerprint density at radius 3 is 2.78 bits per heavy atom. The highest BCUT2D eigenvalue weighted by Gasteiger charge is 2.33. The van der Waals surface area contributed by atoms with E-state index >= 15 is 0 Å². The number of hydrogen-bond acceptors (Lipinski definition) is 4. The first kappa shape index (κ1) is 14.7. The van der Waals surface area contributed by atoms with Gasteiger partial charge in [-0.25, -0.2) is 9.78 Å². The van der Waals surface area contributed by atoms with Gasteiger partial charge in [0.05, 0.1) is 19.2 Å². The molecule has 0 radical (unpaired) electrons. The lowest BCUT2D eigenvalue weighted by atomic mass is 10.4. The Kier molecular flexibility index (Phi) is 4.91. The number of hydrogen-bond donors (Lipinski definition) is 3. The molecule has 1 rings (SSSR count). The number of nitrogens with one attached hydrogen (secondary N) is 2. The Balaban J connectivity index is 2.45. The summed E-state index contributed by atoms with van der Waals surface area (Å²) in [4.78, 5) is 14.6. The summed E-state index contributed by atoms with van der Waals surface area (Å²) in [5.41, 5.74) is -0.964. The fourth-order valence-corrected chi connectivity index (χ4v) is 1.74. The summed E-state index contributed by atoms with van der Waals surface area (Å²) in [6.07, 6.45) is -4.47. The number of amides is 2. The van der Waals surface area contributed by atoms with Crippen LogP contribution in [0, 0.1) is 0 Å². The van der Waals surface area contributed by atoms with E-state index in [1.807, 2.05) is 0 Å². The third-order valence-corrected chi connectivity index (χ3v) is 2.74. The van der Waals surface area contributed by atoms with E-state index in [2.05, 4.69) is 15.6 Å². The van der Waals surface area contributed by atoms with Gasteiger partial charge in [0.25, 0.3) is 0 Å². The monoisotopic (exact) mass is 283 g/mol. The van der Waals surface area contributed by atoms with Crippen molar-refractivity contribution in [2.24, 2.45) is 0 Å². The van der Waals surface area contributed by atoms with E-state index in [0.29, 0.717) is 0 Å². The number of nitrogens with zero attached hydrogens (tertiary/aromatic N) is 1. The number of alkyl halides is 3. The van der Waals surface area contributed by atoms with Crippen LogP contribution in [0.15, 0.2) is 5.38 Å². The molecule has 0 fully saturated rings. The molecule has 0 aromatic carbocycles. The Hall–Kier alpha value is -1.35. The molecule has 3 N–H and O–H groups in total. The Labute approximate surface area is 105 Å². The van der Waals surface area contributed by atoms with Gasteiger partial charge in [0.15, 0.2) is 5.69 Å². The number of aliphatic hydroxyl groups excluding tert-OH is 1. The van der Waals surface area contributed by atoms with E-state index < -0.39 is 23.9 Å². The predicted octanol–water partition coefficient (Wildman–Crippen LogP) is 1.34. The molecule has 2 amide bonds. The average molecular weight is 283 g/mol. The van der Waals surface area contributed by atoms with Gasteiger partial charge in [0.2, 0.25) is 0 Å². The lowest BCUT2D eigenvalue weighted by Gasteiger charge is -2.10. The lowest BCUT2D eigenvalue weighted by molar-refractivity contribution is -0.140. The summed E-state index contributed by atoms with van der Waals surface area (Å²) in [5.74, 6) is 0. The molecule has 1 atom stereocenters. The minimum atomic E-state index is -4.47. The van der Waals surface area contributed by atoms with Crippen molar-refractivity contribution in [3.05, 3.63) is 16.1 Å². The molecular weight excluding hydrogens is 271 g/mol. The van der Waals surface area contributed by atoms with Crippen LogP contribution in [0.25, 0.3) is 0 Å². The van der Waals surface area contributed by atoms with Gasteiger partial charge < -0.3 is 15.7 Å². The highest BCUT2D eigenvalue weighted by Crippen LogP contribution is 2.29. The molecule has 9 heteroatoms. The van der Waals surface area contributed by atoms with Gasteiger partial charge in [0.1, 0.15) is 5.01 Å². The predicted molar refractivity (Wildman–Crippen MR) is 59.0 cm³/mol. The van der Waals surface area contributed by atoms with Crippen molar-refractivity contribution >= 4 is 17.4 Å². The minimum absolute atomic E-state index is 0.0925. The Morgan fingerprint density at radius 2 is 2.28 bits per heavy atom. The summed E-state index contributed by atoms with van der Waals surface area (Å²) in [7, 11) is 0. The largest absolute Gasteiger partial charge is 0.434 e. The van der Waals surface area contributed by atoms with Gasteiger partial charge in [0, 0.05) is 5.38 Å². The number of aromatic nitrogens is 1. The molecule has 0 spiro atoms. The first-order chi connectivity index (χ1) is 8.32. The lowest BCUT2D eigenvalue weighted by Crippen LogP contribution is -2.41. The summed E-state index contributed by atoms with van der Waals surface area (Å²) in [6, 6.07) is -0.993. The van der Waals surface area contributed by atoms with Crippen LogP contribution in [0.4, 0.5) is 18.0 Å². The molecule has 18 heavy (non-hydrogen) atoms. The van der Waals surface area contributed by atoms with E-state index in [1.165, 1.54) is 0 Å². The topological polar surface area (TPSA) is 74.2 Å². The van der Waals surface area contributed by atoms with Crippen LogP contribution in [-0.2, 0) is 12.7 Å². The van der Waals surface area contributed by atoms with Crippen LogP contribution in [0.2, 0.25) is 0 Å². The van der Waals surface area contributed by atoms with E-state index in [1.54, 1.807) is 6.92 Å². The maximum Gasteiger partial charge on any atom is 0.434 e. The maximum atomic E-state index is 12.2. The van der Waals surface area contributed by atoms with E-state index in [9.17, 15) is 18.0 Å². The highest BCUT2D eigenvalue weighted by atomic mass is 32.1. The number of rotatable bonds is 4. The molecule has 0 aliphatic heterocycles. The van der Waals surface area contributed by atoms with Crippen LogP contribution in [0.3, 0.4) is 0 Å². The maximum absolute atomic E-state index is 12.2. The first-order valence-electron chi connectivity index (χ1n) is 4.99. The summed E-state index contributed by atoms with van der Waals surface area (Å²) in [5, 5.41) is 14.5. The first-order valence-corrected chi connectivity index (χ1v) is 5.87. The summed E-state index contributed by atoms with van der Waals surface area (Å²) >= 11 is 0.820. The molecule has 0 unspecified atom stereocenters. The van der Waals surface area contributed by atoms with Gasteiger partial charge in [-0.15, -0.1) is 11.3 Å². The smallest absolute Gasteiger partial charge is 0.394 e. The van der Waals surface area contributed by atoms with Crippen molar-refractivity contribution in [1.29, 1.82) is 0 Å². The molecule has 1 aromatic heterocycles. The van der Waals surface area contributed by atoms with Gasteiger partial charge in [-0.2, -0.15) is 13.2 Å². The number of halogens is 3. The van der Waals surface area contributed by atoms with Crippen molar-refractivity contribution < 1.29 is 23.1 Å². The van der Waals surface area contributed by atoms with Gasteiger partial charge in [-0.3, -0.25) is 0 Å². The summed E-state index contributed by atoms with van der Waals surface area (Å²) in [6.45, 7) is 1.28. The van der Waals surface area contributed by atoms with Crippen molar-refractivity contribution in [2.45, 2.75) is 25.7 Å². The zero-order chi connectivity index (χ0) is 13.8. The van der Waals surface area contributed by atoms with Crippen molar-refractivity contribution in [2.75, 3.05) is 6.61 Å². The second kappa shape index (κ2) is 6.01. The third-order valence-electron chi connectivity index (χ3n) is 1.89. The second-order valence-corrected chi connectivity index (χ2v) is 4.48. The molecule has 5 nitrogen and oxygen atoms in total. The molecule has 102 valence electrons. The summed E-state index contributed by atoms with van der Waals surface area (Å²) < 4.78 is 36.7. The van der Waals surface area contributed by atoms with Crippen molar-refractivity contribution in [3.63, 3.8) is 0 Å². The third kappa shape index (κ3) is 4.49. The number of thiazole rings is 1. The van der Waals surface area contributed by atoms with Gasteiger partial charge in [-0.1, -0.05) is 0 Å². The van der Waals surface area contributed by atoms with Crippen molar-refractivity contribution in [1.82, 2.24) is 15.6 Å². The van der Waals surface area contributed by atoms with E-state index in [4.69, 9.17) is 5.11 Å². The molecule has 0 saturated heterocycles. The molecule has 0 saturated carbocycles. The minimum Gasteiger partial charge on any atom is -0.394 e. The normalized spacial score (nSPS) is 13.2. The molecule has 0 bridgehead atoms. The van der Waals surface area contributed by atoms with E-state index in [-0.39, 0.29) is 18.2 Å². The van der Waals surface area contributed by atoms with Crippen LogP contribution < -0.4 is 10.6 Å². The van der Waals surface area contributed by atoms with Gasteiger partial charge >= 0.3 is 12.2 Å². The Bertz CT molecular complexity index is 408. The number of aliphatic hydroxyl groups is 1. The molecule has 0 aliphatic carbocycles. The van der Waals surface area contributed by atoms with E-state index in [0.717, 1.165) is 16.7 Å². The zero-order valence-corrected chi connectivity index (χ0v) is 10.2. The van der Waals surface area contributed by atoms with Crippen LogP contribution in [0.1, 0.15) is 17.6 Å². The molecule has 0 aliphatic rings. The number of urea groups is 1. The molecule has 1 aromatic rings. The van der Waals surface area contributed by atoms with Crippen LogP contribution >= 0.6 is 11.3 Å².